The van der Waals surface area contributed by atoms with Crippen LogP contribution in [0.1, 0.15) is 11.1 Å². The molecule has 0 N–H and O–H groups in total. The molecule has 0 amide bonds. The Morgan fingerprint density at radius 2 is 0.836 bits per heavy atom. The molecule has 254 valence electrons. The molecule has 11 aromatic rings. The quantitative estimate of drug-likeness (QED) is 0.184. The Kier molecular flexibility index (Phi) is 6.61. The molecular formula is C50H29N5. The van der Waals surface area contributed by atoms with Gasteiger partial charge < -0.3 is 13.7 Å². The summed E-state index contributed by atoms with van der Waals surface area (Å²) in [6.45, 7) is 0. The van der Waals surface area contributed by atoms with Crippen molar-refractivity contribution in [2.45, 2.75) is 0 Å². The lowest BCUT2D eigenvalue weighted by Crippen LogP contribution is -2.00. The van der Waals surface area contributed by atoms with Gasteiger partial charge in [-0.3, -0.25) is 0 Å². The van der Waals surface area contributed by atoms with Crippen molar-refractivity contribution in [1.29, 1.82) is 10.5 Å². The Labute approximate surface area is 316 Å². The van der Waals surface area contributed by atoms with Crippen LogP contribution in [0.5, 0.6) is 0 Å². The summed E-state index contributed by atoms with van der Waals surface area (Å²) >= 11 is 0. The van der Waals surface area contributed by atoms with Gasteiger partial charge in [-0.25, -0.2) is 0 Å². The Balaban J connectivity index is 1.11. The number of para-hydroxylation sites is 5. The van der Waals surface area contributed by atoms with Gasteiger partial charge in [0, 0.05) is 43.6 Å². The second kappa shape index (κ2) is 11.8. The minimum atomic E-state index is 0.610. The van der Waals surface area contributed by atoms with Crippen LogP contribution in [0.15, 0.2) is 176 Å². The summed E-state index contributed by atoms with van der Waals surface area (Å²) in [5.74, 6) is 0. The van der Waals surface area contributed by atoms with Crippen molar-refractivity contribution in [1.82, 2.24) is 13.7 Å². The molecule has 0 bridgehead atoms. The summed E-state index contributed by atoms with van der Waals surface area (Å²) < 4.78 is 6.86. The van der Waals surface area contributed by atoms with E-state index in [9.17, 15) is 10.5 Å². The molecule has 0 saturated carbocycles. The van der Waals surface area contributed by atoms with E-state index in [0.717, 1.165) is 93.6 Å². The summed E-state index contributed by atoms with van der Waals surface area (Å²) in [5, 5.41) is 27.1. The third-order valence-electron chi connectivity index (χ3n) is 11.1. The van der Waals surface area contributed by atoms with Crippen LogP contribution < -0.4 is 0 Å². The molecule has 0 aliphatic carbocycles. The Morgan fingerprint density at radius 3 is 1.47 bits per heavy atom. The third kappa shape index (κ3) is 4.45. The van der Waals surface area contributed by atoms with Crippen molar-refractivity contribution >= 4 is 65.4 Å². The molecule has 3 heterocycles. The van der Waals surface area contributed by atoms with Crippen molar-refractivity contribution in [3.05, 3.63) is 187 Å². The van der Waals surface area contributed by atoms with Crippen molar-refractivity contribution < 1.29 is 0 Å². The zero-order valence-corrected chi connectivity index (χ0v) is 29.5. The lowest BCUT2D eigenvalue weighted by atomic mass is 10.00. The maximum absolute atomic E-state index is 10.6. The summed E-state index contributed by atoms with van der Waals surface area (Å²) in [7, 11) is 0. The van der Waals surface area contributed by atoms with Crippen LogP contribution in [0.4, 0.5) is 0 Å². The highest BCUT2D eigenvalue weighted by atomic mass is 15.0. The second-order valence-electron chi connectivity index (χ2n) is 14.0. The first-order valence-corrected chi connectivity index (χ1v) is 18.3. The highest BCUT2D eigenvalue weighted by Gasteiger charge is 2.20. The molecule has 0 fully saturated rings. The molecule has 8 aromatic carbocycles. The first-order chi connectivity index (χ1) is 27.2. The van der Waals surface area contributed by atoms with E-state index in [1.807, 2.05) is 18.2 Å². The Hall–Kier alpha value is -7.86. The third-order valence-corrected chi connectivity index (χ3v) is 11.1. The molecule has 55 heavy (non-hydrogen) atoms. The maximum Gasteiger partial charge on any atom is 0.101 e. The van der Waals surface area contributed by atoms with Gasteiger partial charge in [0.1, 0.15) is 6.07 Å². The van der Waals surface area contributed by atoms with E-state index in [4.69, 9.17) is 0 Å². The van der Waals surface area contributed by atoms with E-state index in [0.29, 0.717) is 11.1 Å². The molecule has 0 spiro atoms. The van der Waals surface area contributed by atoms with Gasteiger partial charge in [-0.15, -0.1) is 0 Å². The summed E-state index contributed by atoms with van der Waals surface area (Å²) in [6.07, 6.45) is 0. The van der Waals surface area contributed by atoms with Gasteiger partial charge in [0.25, 0.3) is 0 Å². The van der Waals surface area contributed by atoms with Crippen molar-refractivity contribution in [2.24, 2.45) is 0 Å². The van der Waals surface area contributed by atoms with Crippen LogP contribution >= 0.6 is 0 Å². The number of rotatable bonds is 4. The van der Waals surface area contributed by atoms with Crippen molar-refractivity contribution in [3.8, 4) is 40.3 Å². The zero-order chi connectivity index (χ0) is 36.6. The smallest absolute Gasteiger partial charge is 0.101 e. The number of hydrogen-bond acceptors (Lipinski definition) is 2. The standard InChI is InChI=1S/C50H29N5/c51-30-32-21-24-49-41(27-32)39-14-4-7-17-45(39)53(49)35-23-26-50-42(29-35)40-15-5-10-20-48(40)55(50)44-16-6-1-11-36(44)33-22-25-43(34(28-33)31-52)54-46-18-8-2-12-37(46)38-13-3-9-19-47(38)54/h1-29H. The highest BCUT2D eigenvalue weighted by molar-refractivity contribution is 6.13. The van der Waals surface area contributed by atoms with E-state index < -0.39 is 0 Å². The normalized spacial score (nSPS) is 11.6. The van der Waals surface area contributed by atoms with Crippen molar-refractivity contribution in [2.75, 3.05) is 0 Å². The van der Waals surface area contributed by atoms with Crippen LogP contribution in [-0.4, -0.2) is 13.7 Å². The highest BCUT2D eigenvalue weighted by Crippen LogP contribution is 2.40. The summed E-state index contributed by atoms with van der Waals surface area (Å²) in [4.78, 5) is 0. The predicted molar refractivity (Wildman–Crippen MR) is 224 cm³/mol. The molecule has 0 radical (unpaired) electrons. The van der Waals surface area contributed by atoms with Crippen LogP contribution in [-0.2, 0) is 0 Å². The molecule has 0 aliphatic rings. The number of hydrogen-bond donors (Lipinski definition) is 0. The largest absolute Gasteiger partial charge is 0.309 e. The Morgan fingerprint density at radius 1 is 0.345 bits per heavy atom. The van der Waals surface area contributed by atoms with Gasteiger partial charge in [0.05, 0.1) is 61.7 Å². The Bertz CT molecular complexity index is 3420. The van der Waals surface area contributed by atoms with E-state index in [2.05, 4.69) is 184 Å². The molecular weight excluding hydrogens is 671 g/mol. The molecule has 3 aromatic heterocycles. The van der Waals surface area contributed by atoms with E-state index >= 15 is 0 Å². The monoisotopic (exact) mass is 699 g/mol. The SMILES string of the molecule is N#Cc1ccc2c(c1)c1ccccc1n2-c1ccc2c(c1)c1ccccc1n2-c1ccccc1-c1ccc(-n2c3ccccc3c3ccccc32)c(C#N)c1. The molecule has 5 heteroatoms. The van der Waals surface area contributed by atoms with Gasteiger partial charge in [0.2, 0.25) is 0 Å². The predicted octanol–water partition coefficient (Wildman–Crippen LogP) is 12.4. The molecule has 0 saturated heterocycles. The van der Waals surface area contributed by atoms with Gasteiger partial charge in [-0.2, -0.15) is 10.5 Å². The fraction of sp³-hybridized carbons (Fsp3) is 0. The van der Waals surface area contributed by atoms with Crippen LogP contribution in [0.25, 0.3) is 93.6 Å². The van der Waals surface area contributed by atoms with Gasteiger partial charge >= 0.3 is 0 Å². The number of nitrogens with zero attached hydrogens (tertiary/aromatic N) is 5. The van der Waals surface area contributed by atoms with Gasteiger partial charge in [-0.05, 0) is 84.4 Å². The first kappa shape index (κ1) is 30.7. The minimum absolute atomic E-state index is 0.610. The minimum Gasteiger partial charge on any atom is -0.309 e. The summed E-state index contributed by atoms with van der Waals surface area (Å²) in [5.41, 5.74) is 12.7. The number of benzene rings is 8. The molecule has 11 rings (SSSR count). The van der Waals surface area contributed by atoms with Crippen molar-refractivity contribution in [3.63, 3.8) is 0 Å². The van der Waals surface area contributed by atoms with Gasteiger partial charge in [0.15, 0.2) is 0 Å². The molecule has 5 nitrogen and oxygen atoms in total. The van der Waals surface area contributed by atoms with E-state index in [1.54, 1.807) is 0 Å². The number of aromatic nitrogens is 3. The van der Waals surface area contributed by atoms with E-state index in [1.165, 1.54) is 0 Å². The maximum atomic E-state index is 10.6. The molecule has 0 atom stereocenters. The van der Waals surface area contributed by atoms with E-state index in [-0.39, 0.29) is 0 Å². The first-order valence-electron chi connectivity index (χ1n) is 18.3. The fourth-order valence-electron chi connectivity index (χ4n) is 8.76. The van der Waals surface area contributed by atoms with Crippen LogP contribution in [0, 0.1) is 22.7 Å². The zero-order valence-electron chi connectivity index (χ0n) is 29.5. The van der Waals surface area contributed by atoms with Crippen LogP contribution in [0.2, 0.25) is 0 Å². The topological polar surface area (TPSA) is 62.4 Å². The number of fused-ring (bicyclic) bond motifs is 9. The summed E-state index contributed by atoms with van der Waals surface area (Å²) in [6, 6.07) is 66.0. The second-order valence-corrected chi connectivity index (χ2v) is 14.0. The lowest BCUT2D eigenvalue weighted by molar-refractivity contribution is 1.16. The number of nitriles is 2. The fourth-order valence-corrected chi connectivity index (χ4v) is 8.76. The molecule has 0 unspecified atom stereocenters. The lowest BCUT2D eigenvalue weighted by Gasteiger charge is -2.16. The average Bonchev–Trinajstić information content (AvgIpc) is 3.88. The molecule has 0 aliphatic heterocycles. The van der Waals surface area contributed by atoms with Crippen LogP contribution in [0.3, 0.4) is 0 Å². The average molecular weight is 700 g/mol. The van der Waals surface area contributed by atoms with Gasteiger partial charge in [-0.1, -0.05) is 97.1 Å².